The van der Waals surface area contributed by atoms with Gasteiger partial charge < -0.3 is 15.5 Å². The van der Waals surface area contributed by atoms with Crippen LogP contribution in [0, 0.1) is 0 Å². The Morgan fingerprint density at radius 1 is 1.43 bits per heavy atom. The lowest BCUT2D eigenvalue weighted by Gasteiger charge is -2.17. The highest BCUT2D eigenvalue weighted by molar-refractivity contribution is 6.71. The van der Waals surface area contributed by atoms with Gasteiger partial charge in [0.1, 0.15) is 6.54 Å². The molecule has 0 heterocycles. The van der Waals surface area contributed by atoms with E-state index in [-0.39, 0.29) is 12.5 Å². The van der Waals surface area contributed by atoms with E-state index in [1.807, 2.05) is 19.6 Å². The minimum Gasteiger partial charge on any atom is -0.519 e. The van der Waals surface area contributed by atoms with Crippen molar-refractivity contribution in [3.63, 3.8) is 0 Å². The summed E-state index contributed by atoms with van der Waals surface area (Å²) in [5.74, 6) is -0.754. The van der Waals surface area contributed by atoms with Crippen molar-refractivity contribution in [3.8, 4) is 0 Å². The van der Waals surface area contributed by atoms with E-state index in [1.54, 1.807) is 6.92 Å². The van der Waals surface area contributed by atoms with Crippen LogP contribution in [0.15, 0.2) is 0 Å². The molecule has 0 aromatic rings. The lowest BCUT2D eigenvalue weighted by molar-refractivity contribution is -0.136. The van der Waals surface area contributed by atoms with Crippen LogP contribution < -0.4 is 11.1 Å². The van der Waals surface area contributed by atoms with Gasteiger partial charge in [-0.25, -0.2) is 0 Å². The van der Waals surface area contributed by atoms with E-state index in [1.165, 1.54) is 0 Å². The summed E-state index contributed by atoms with van der Waals surface area (Å²) in [5, 5.41) is 2.39. The van der Waals surface area contributed by atoms with E-state index in [2.05, 4.69) is 5.32 Å². The Morgan fingerprint density at radius 2 is 1.93 bits per heavy atom. The minimum absolute atomic E-state index is 0.107. The average molecular weight is 218 g/mol. The SMILES string of the molecule is CC(N)C(=O)NCC(=O)O[Si](C)(C)C. The summed E-state index contributed by atoms with van der Waals surface area (Å²) >= 11 is 0. The first-order valence-electron chi connectivity index (χ1n) is 4.47. The molecule has 0 aliphatic heterocycles. The van der Waals surface area contributed by atoms with E-state index in [9.17, 15) is 9.59 Å². The van der Waals surface area contributed by atoms with Gasteiger partial charge in [-0.3, -0.25) is 9.59 Å². The predicted molar refractivity (Wildman–Crippen MR) is 56.1 cm³/mol. The first-order chi connectivity index (χ1) is 6.22. The molecule has 82 valence electrons. The minimum atomic E-state index is -1.85. The summed E-state index contributed by atoms with van der Waals surface area (Å²) in [6.45, 7) is 7.15. The number of nitrogens with one attached hydrogen (secondary N) is 1. The number of carbonyl (C=O) groups is 2. The van der Waals surface area contributed by atoms with E-state index >= 15 is 0 Å². The standard InChI is InChI=1S/C8H18N2O3Si/c1-6(9)8(12)10-5-7(11)13-14(2,3)4/h6H,5,9H2,1-4H3,(H,10,12). The molecule has 0 spiro atoms. The van der Waals surface area contributed by atoms with Crippen LogP contribution in [0.3, 0.4) is 0 Å². The highest BCUT2D eigenvalue weighted by Crippen LogP contribution is 2.01. The summed E-state index contributed by atoms with van der Waals surface area (Å²) in [4.78, 5) is 22.1. The van der Waals surface area contributed by atoms with E-state index in [0.717, 1.165) is 0 Å². The van der Waals surface area contributed by atoms with Gasteiger partial charge in [0.2, 0.25) is 14.2 Å². The largest absolute Gasteiger partial charge is 0.519 e. The van der Waals surface area contributed by atoms with E-state index in [0.29, 0.717) is 0 Å². The summed E-state index contributed by atoms with van der Waals surface area (Å²) in [6, 6.07) is -0.602. The molecule has 0 aliphatic carbocycles. The zero-order valence-corrected chi connectivity index (χ0v) is 10.1. The molecule has 14 heavy (non-hydrogen) atoms. The maximum absolute atomic E-state index is 11.1. The van der Waals surface area contributed by atoms with Gasteiger partial charge in [-0.1, -0.05) is 0 Å². The van der Waals surface area contributed by atoms with E-state index < -0.39 is 20.3 Å². The molecule has 0 rings (SSSR count). The van der Waals surface area contributed by atoms with Crippen molar-refractivity contribution in [1.82, 2.24) is 5.32 Å². The molecule has 0 radical (unpaired) electrons. The zero-order valence-electron chi connectivity index (χ0n) is 9.09. The average Bonchev–Trinajstić information content (AvgIpc) is 1.96. The molecule has 5 nitrogen and oxygen atoms in total. The maximum atomic E-state index is 11.1. The number of nitrogens with two attached hydrogens (primary N) is 1. The van der Waals surface area contributed by atoms with Gasteiger partial charge in [-0.15, -0.1) is 0 Å². The summed E-state index contributed by atoms with van der Waals surface area (Å²) in [6.07, 6.45) is 0. The molecule has 0 saturated carbocycles. The van der Waals surface area contributed by atoms with Crippen LogP contribution in [-0.4, -0.2) is 32.8 Å². The molecule has 0 aromatic carbocycles. The quantitative estimate of drug-likeness (QED) is 0.642. The molecule has 0 aromatic heterocycles. The molecule has 3 N–H and O–H groups in total. The molecule has 1 atom stereocenters. The molecular weight excluding hydrogens is 200 g/mol. The highest BCUT2D eigenvalue weighted by Gasteiger charge is 2.20. The fourth-order valence-electron chi connectivity index (χ4n) is 0.698. The fraction of sp³-hybridized carbons (Fsp3) is 0.750. The number of rotatable bonds is 4. The summed E-state index contributed by atoms with van der Waals surface area (Å²) in [5.41, 5.74) is 5.29. The Kier molecular flexibility index (Phi) is 4.79. The monoisotopic (exact) mass is 218 g/mol. The van der Waals surface area contributed by atoms with Gasteiger partial charge in [0.05, 0.1) is 6.04 Å². The Morgan fingerprint density at radius 3 is 2.29 bits per heavy atom. The fourth-order valence-corrected chi connectivity index (χ4v) is 1.45. The molecule has 0 bridgehead atoms. The normalized spacial score (nSPS) is 13.2. The van der Waals surface area contributed by atoms with Crippen molar-refractivity contribution in [2.45, 2.75) is 32.6 Å². The lowest BCUT2D eigenvalue weighted by atomic mass is 10.3. The maximum Gasteiger partial charge on any atom is 0.312 e. The van der Waals surface area contributed by atoms with Gasteiger partial charge in [0, 0.05) is 0 Å². The van der Waals surface area contributed by atoms with Gasteiger partial charge in [0.25, 0.3) is 0 Å². The number of amides is 1. The molecule has 1 unspecified atom stereocenters. The third kappa shape index (κ3) is 6.61. The van der Waals surface area contributed by atoms with Crippen LogP contribution >= 0.6 is 0 Å². The molecular formula is C8H18N2O3Si. The predicted octanol–water partition coefficient (Wildman–Crippen LogP) is -0.172. The van der Waals surface area contributed by atoms with E-state index in [4.69, 9.17) is 10.2 Å². The van der Waals surface area contributed by atoms with Crippen LogP contribution in [-0.2, 0) is 14.0 Å². The molecule has 0 saturated heterocycles. The number of hydrogen-bond donors (Lipinski definition) is 2. The Balaban J connectivity index is 3.81. The number of carbonyl (C=O) groups excluding carboxylic acids is 2. The lowest BCUT2D eigenvalue weighted by Crippen LogP contribution is -2.42. The van der Waals surface area contributed by atoms with Gasteiger partial charge >= 0.3 is 5.97 Å². The van der Waals surface area contributed by atoms with Crippen molar-refractivity contribution >= 4 is 20.2 Å². The van der Waals surface area contributed by atoms with Crippen LogP contribution in [0.4, 0.5) is 0 Å². The van der Waals surface area contributed by atoms with Gasteiger partial charge in [-0.2, -0.15) is 0 Å². The van der Waals surface area contributed by atoms with Crippen molar-refractivity contribution in [3.05, 3.63) is 0 Å². The van der Waals surface area contributed by atoms with Crippen molar-refractivity contribution in [2.75, 3.05) is 6.54 Å². The van der Waals surface area contributed by atoms with Crippen LogP contribution in [0.1, 0.15) is 6.92 Å². The Hall–Kier alpha value is -0.883. The van der Waals surface area contributed by atoms with Crippen molar-refractivity contribution in [1.29, 1.82) is 0 Å². The van der Waals surface area contributed by atoms with Crippen LogP contribution in [0.2, 0.25) is 19.6 Å². The third-order valence-corrected chi connectivity index (χ3v) is 2.08. The second kappa shape index (κ2) is 5.11. The number of hydrogen-bond acceptors (Lipinski definition) is 4. The van der Waals surface area contributed by atoms with Crippen molar-refractivity contribution in [2.24, 2.45) is 5.73 Å². The van der Waals surface area contributed by atoms with Crippen LogP contribution in [0.5, 0.6) is 0 Å². The Bertz CT molecular complexity index is 223. The molecule has 0 aliphatic rings. The summed E-state index contributed by atoms with van der Waals surface area (Å²) in [7, 11) is -1.85. The molecule has 0 fully saturated rings. The first kappa shape index (κ1) is 13.1. The van der Waals surface area contributed by atoms with Gasteiger partial charge in [-0.05, 0) is 26.6 Å². The Labute approximate surface area is 85.1 Å². The second-order valence-electron chi connectivity index (χ2n) is 4.09. The molecule has 6 heteroatoms. The second-order valence-corrected chi connectivity index (χ2v) is 8.52. The van der Waals surface area contributed by atoms with Gasteiger partial charge in [0.15, 0.2) is 0 Å². The molecule has 1 amide bonds. The highest BCUT2D eigenvalue weighted by atomic mass is 28.4. The first-order valence-corrected chi connectivity index (χ1v) is 7.88. The summed E-state index contributed by atoms with van der Waals surface area (Å²) < 4.78 is 5.11. The zero-order chi connectivity index (χ0) is 11.4. The van der Waals surface area contributed by atoms with Crippen molar-refractivity contribution < 1.29 is 14.0 Å². The smallest absolute Gasteiger partial charge is 0.312 e. The topological polar surface area (TPSA) is 81.4 Å². The van der Waals surface area contributed by atoms with Crippen LogP contribution in [0.25, 0.3) is 0 Å². The third-order valence-electron chi connectivity index (χ3n) is 1.24.